The molecule has 1 aliphatic heterocycles. The van der Waals surface area contributed by atoms with Gasteiger partial charge in [0.25, 0.3) is 0 Å². The fraction of sp³-hybridized carbons (Fsp3) is 0.600. The number of ether oxygens (including phenoxy) is 2. The summed E-state index contributed by atoms with van der Waals surface area (Å²) in [6, 6.07) is 5.00. The van der Waals surface area contributed by atoms with E-state index >= 15 is 0 Å². The third-order valence-corrected chi connectivity index (χ3v) is 3.95. The SMILES string of the molecule is CN1CCO[C@H](CNC[C@@H](O)COc2ccc(Cl)cc2Cl)C1. The van der Waals surface area contributed by atoms with Crippen LogP contribution in [-0.4, -0.2) is 68.7 Å². The lowest BCUT2D eigenvalue weighted by Gasteiger charge is -2.30. The van der Waals surface area contributed by atoms with Crippen molar-refractivity contribution in [2.45, 2.75) is 12.2 Å². The Balaban J connectivity index is 1.64. The predicted octanol–water partition coefficient (Wildman–Crippen LogP) is 1.65. The number of benzene rings is 1. The van der Waals surface area contributed by atoms with Gasteiger partial charge in [-0.15, -0.1) is 0 Å². The average molecular weight is 349 g/mol. The van der Waals surface area contributed by atoms with Gasteiger partial charge in [-0.1, -0.05) is 23.2 Å². The molecule has 5 nitrogen and oxygen atoms in total. The number of aliphatic hydroxyl groups is 1. The Morgan fingerprint density at radius 3 is 3.05 bits per heavy atom. The number of nitrogens with one attached hydrogen (secondary N) is 1. The minimum absolute atomic E-state index is 0.164. The van der Waals surface area contributed by atoms with Crippen molar-refractivity contribution in [1.82, 2.24) is 10.2 Å². The van der Waals surface area contributed by atoms with Crippen molar-refractivity contribution in [2.75, 3.05) is 46.4 Å². The number of nitrogens with zero attached hydrogens (tertiary/aromatic N) is 1. The quantitative estimate of drug-likeness (QED) is 0.784. The molecular formula is C15H22Cl2N2O3. The van der Waals surface area contributed by atoms with Crippen molar-refractivity contribution in [3.63, 3.8) is 0 Å². The Hall–Kier alpha value is -0.560. The van der Waals surface area contributed by atoms with Crippen LogP contribution in [0.4, 0.5) is 0 Å². The highest BCUT2D eigenvalue weighted by Crippen LogP contribution is 2.27. The molecule has 1 aliphatic rings. The van der Waals surface area contributed by atoms with Crippen molar-refractivity contribution in [3.05, 3.63) is 28.2 Å². The minimum atomic E-state index is -0.618. The zero-order chi connectivity index (χ0) is 15.9. The van der Waals surface area contributed by atoms with Crippen LogP contribution in [-0.2, 0) is 4.74 Å². The molecule has 7 heteroatoms. The van der Waals surface area contributed by atoms with Crippen LogP contribution in [0.1, 0.15) is 0 Å². The maximum absolute atomic E-state index is 9.93. The van der Waals surface area contributed by atoms with Gasteiger partial charge < -0.3 is 24.8 Å². The highest BCUT2D eigenvalue weighted by Gasteiger charge is 2.17. The van der Waals surface area contributed by atoms with Crippen LogP contribution in [0.15, 0.2) is 18.2 Å². The molecule has 0 bridgehead atoms. The molecule has 1 heterocycles. The lowest BCUT2D eigenvalue weighted by atomic mass is 10.2. The topological polar surface area (TPSA) is 54.0 Å². The second kappa shape index (κ2) is 8.91. The summed E-state index contributed by atoms with van der Waals surface area (Å²) in [6.07, 6.45) is -0.453. The maximum atomic E-state index is 9.93. The van der Waals surface area contributed by atoms with E-state index in [2.05, 4.69) is 17.3 Å². The summed E-state index contributed by atoms with van der Waals surface area (Å²) < 4.78 is 11.1. The second-order valence-corrected chi connectivity index (χ2v) is 6.30. The number of halogens is 2. The highest BCUT2D eigenvalue weighted by molar-refractivity contribution is 6.35. The second-order valence-electron chi connectivity index (χ2n) is 5.45. The third kappa shape index (κ3) is 5.91. The van der Waals surface area contributed by atoms with Gasteiger partial charge in [0.05, 0.1) is 17.7 Å². The summed E-state index contributed by atoms with van der Waals surface area (Å²) in [5.74, 6) is 0.516. The lowest BCUT2D eigenvalue weighted by molar-refractivity contribution is -0.0196. The minimum Gasteiger partial charge on any atom is -0.489 e. The number of rotatable bonds is 7. The number of aliphatic hydroxyl groups excluding tert-OH is 1. The first-order valence-corrected chi connectivity index (χ1v) is 8.07. The van der Waals surface area contributed by atoms with E-state index in [9.17, 15) is 5.11 Å². The summed E-state index contributed by atoms with van der Waals surface area (Å²) in [5.41, 5.74) is 0. The molecule has 2 N–H and O–H groups in total. The first-order valence-electron chi connectivity index (χ1n) is 7.31. The highest BCUT2D eigenvalue weighted by atomic mass is 35.5. The van der Waals surface area contributed by atoms with Crippen molar-refractivity contribution >= 4 is 23.2 Å². The van der Waals surface area contributed by atoms with Crippen LogP contribution < -0.4 is 10.1 Å². The van der Waals surface area contributed by atoms with Gasteiger partial charge in [-0.05, 0) is 25.2 Å². The van der Waals surface area contributed by atoms with Gasteiger partial charge in [-0.3, -0.25) is 0 Å². The van der Waals surface area contributed by atoms with Gasteiger partial charge in [0.2, 0.25) is 0 Å². The normalized spacial score (nSPS) is 20.8. The van der Waals surface area contributed by atoms with Crippen LogP contribution in [0.3, 0.4) is 0 Å². The lowest BCUT2D eigenvalue weighted by Crippen LogP contribution is -2.46. The van der Waals surface area contributed by atoms with E-state index in [0.29, 0.717) is 28.9 Å². The van der Waals surface area contributed by atoms with Crippen molar-refractivity contribution in [2.24, 2.45) is 0 Å². The van der Waals surface area contributed by atoms with Crippen LogP contribution in [0.25, 0.3) is 0 Å². The molecule has 2 rings (SSSR count). The Morgan fingerprint density at radius 1 is 1.50 bits per heavy atom. The number of hydrogen-bond acceptors (Lipinski definition) is 5. The molecule has 0 saturated carbocycles. The first-order chi connectivity index (χ1) is 10.5. The molecule has 0 aliphatic carbocycles. The monoisotopic (exact) mass is 348 g/mol. The molecule has 0 unspecified atom stereocenters. The van der Waals surface area contributed by atoms with E-state index in [1.54, 1.807) is 18.2 Å². The molecule has 0 spiro atoms. The number of hydrogen-bond donors (Lipinski definition) is 2. The van der Waals surface area contributed by atoms with Crippen LogP contribution in [0, 0.1) is 0 Å². The summed E-state index contributed by atoms with van der Waals surface area (Å²) in [4.78, 5) is 2.23. The third-order valence-electron chi connectivity index (χ3n) is 3.42. The van der Waals surface area contributed by atoms with E-state index in [-0.39, 0.29) is 12.7 Å². The van der Waals surface area contributed by atoms with Crippen molar-refractivity contribution < 1.29 is 14.6 Å². The molecule has 1 saturated heterocycles. The Bertz CT molecular complexity index is 476. The van der Waals surface area contributed by atoms with Gasteiger partial charge in [-0.25, -0.2) is 0 Å². The van der Waals surface area contributed by atoms with Crippen LogP contribution in [0.5, 0.6) is 5.75 Å². The largest absolute Gasteiger partial charge is 0.489 e. The van der Waals surface area contributed by atoms with Gasteiger partial charge in [-0.2, -0.15) is 0 Å². The fourth-order valence-electron chi connectivity index (χ4n) is 2.24. The molecule has 22 heavy (non-hydrogen) atoms. The Kier molecular flexibility index (Phi) is 7.21. The first kappa shape index (κ1) is 17.8. The van der Waals surface area contributed by atoms with Gasteiger partial charge >= 0.3 is 0 Å². The van der Waals surface area contributed by atoms with Crippen molar-refractivity contribution in [1.29, 1.82) is 0 Å². The van der Waals surface area contributed by atoms with Gasteiger partial charge in [0.15, 0.2) is 0 Å². The standard InChI is InChI=1S/C15H22Cl2N2O3/c1-19-4-5-21-13(9-19)8-18-7-12(20)10-22-15-3-2-11(16)6-14(15)17/h2-3,6,12-13,18,20H,4-5,7-10H2,1H3/t12-,13-/m1/s1. The van der Waals surface area contributed by atoms with E-state index in [1.807, 2.05) is 0 Å². The molecule has 1 aromatic rings. The maximum Gasteiger partial charge on any atom is 0.138 e. The van der Waals surface area contributed by atoms with Crippen LogP contribution >= 0.6 is 23.2 Å². The molecule has 124 valence electrons. The molecule has 0 aromatic heterocycles. The average Bonchev–Trinajstić information content (AvgIpc) is 2.46. The Morgan fingerprint density at radius 2 is 2.32 bits per heavy atom. The van der Waals surface area contributed by atoms with Gasteiger partial charge in [0, 0.05) is 31.2 Å². The smallest absolute Gasteiger partial charge is 0.138 e. The van der Waals surface area contributed by atoms with Crippen molar-refractivity contribution in [3.8, 4) is 5.75 Å². The summed E-state index contributed by atoms with van der Waals surface area (Å²) >= 11 is 11.8. The number of likely N-dealkylation sites (N-methyl/N-ethyl adjacent to an activating group) is 1. The van der Waals surface area contributed by atoms with Gasteiger partial charge in [0.1, 0.15) is 18.5 Å². The molecule has 1 fully saturated rings. The summed E-state index contributed by atoms with van der Waals surface area (Å²) in [5, 5.41) is 14.1. The summed E-state index contributed by atoms with van der Waals surface area (Å²) in [6.45, 7) is 3.94. The molecule has 0 radical (unpaired) electrons. The molecule has 1 aromatic carbocycles. The Labute approximate surface area is 141 Å². The number of morpholine rings is 1. The summed E-state index contributed by atoms with van der Waals surface area (Å²) in [7, 11) is 2.08. The predicted molar refractivity (Wildman–Crippen MR) is 88.1 cm³/mol. The molecular weight excluding hydrogens is 327 g/mol. The molecule has 2 atom stereocenters. The van der Waals surface area contributed by atoms with E-state index in [1.165, 1.54) is 0 Å². The fourth-order valence-corrected chi connectivity index (χ4v) is 2.70. The van der Waals surface area contributed by atoms with E-state index in [4.69, 9.17) is 32.7 Å². The zero-order valence-corrected chi connectivity index (χ0v) is 14.1. The zero-order valence-electron chi connectivity index (χ0n) is 12.6. The van der Waals surface area contributed by atoms with E-state index in [0.717, 1.165) is 19.7 Å². The molecule has 0 amide bonds. The van der Waals surface area contributed by atoms with E-state index < -0.39 is 6.10 Å². The van der Waals surface area contributed by atoms with Crippen LogP contribution in [0.2, 0.25) is 10.0 Å².